The van der Waals surface area contributed by atoms with Gasteiger partial charge in [-0.1, -0.05) is 13.8 Å². The maximum Gasteiger partial charge on any atom is 0.317 e. The van der Waals surface area contributed by atoms with Crippen LogP contribution >= 0.6 is 0 Å². The lowest BCUT2D eigenvalue weighted by Crippen LogP contribution is -2.51. The molecule has 8 heteroatoms. The third-order valence-electron chi connectivity index (χ3n) is 4.46. The van der Waals surface area contributed by atoms with Crippen molar-refractivity contribution in [3.05, 3.63) is 18.1 Å². The Morgan fingerprint density at radius 3 is 2.92 bits per heavy atom. The number of hydrogen-bond acceptors (Lipinski definition) is 5. The fraction of sp³-hybridized carbons (Fsp3) is 0.647. The number of carboxylic acids is 1. The van der Waals surface area contributed by atoms with Crippen LogP contribution in [-0.4, -0.2) is 64.7 Å². The van der Waals surface area contributed by atoms with Crippen LogP contribution in [0.5, 0.6) is 0 Å². The SMILES string of the molecule is CCc1cc(N2CCCC(NC(=O)N(C)CC(C)C(=O)O)C2)ncn1. The third kappa shape index (κ3) is 5.30. The summed E-state index contributed by atoms with van der Waals surface area (Å²) in [5, 5.41) is 12.0. The second-order valence-corrected chi connectivity index (χ2v) is 6.58. The number of carboxylic acid groups (broad SMARTS) is 1. The van der Waals surface area contributed by atoms with Crippen LogP contribution in [0.3, 0.4) is 0 Å². The summed E-state index contributed by atoms with van der Waals surface area (Å²) in [6.07, 6.45) is 4.30. The van der Waals surface area contributed by atoms with Gasteiger partial charge in [-0.2, -0.15) is 0 Å². The molecule has 0 aromatic carbocycles. The Morgan fingerprint density at radius 1 is 1.48 bits per heavy atom. The van der Waals surface area contributed by atoms with E-state index < -0.39 is 11.9 Å². The number of hydrogen-bond donors (Lipinski definition) is 2. The molecule has 2 atom stereocenters. The number of rotatable bonds is 6. The van der Waals surface area contributed by atoms with E-state index >= 15 is 0 Å². The topological polar surface area (TPSA) is 98.7 Å². The van der Waals surface area contributed by atoms with Crippen LogP contribution in [-0.2, 0) is 11.2 Å². The molecule has 1 aromatic heterocycles. The summed E-state index contributed by atoms with van der Waals surface area (Å²) in [6.45, 7) is 5.42. The van der Waals surface area contributed by atoms with Crippen molar-refractivity contribution in [1.82, 2.24) is 20.2 Å². The van der Waals surface area contributed by atoms with Gasteiger partial charge in [-0.15, -0.1) is 0 Å². The Kier molecular flexibility index (Phi) is 6.55. The van der Waals surface area contributed by atoms with E-state index in [-0.39, 0.29) is 18.6 Å². The van der Waals surface area contributed by atoms with Crippen LogP contribution in [0.25, 0.3) is 0 Å². The van der Waals surface area contributed by atoms with Crippen LogP contribution in [0.2, 0.25) is 0 Å². The molecule has 138 valence electrons. The van der Waals surface area contributed by atoms with Gasteiger partial charge in [0.15, 0.2) is 0 Å². The summed E-state index contributed by atoms with van der Waals surface area (Å²) in [7, 11) is 1.62. The zero-order valence-corrected chi connectivity index (χ0v) is 15.1. The molecule has 0 saturated carbocycles. The minimum absolute atomic E-state index is 0.0175. The van der Waals surface area contributed by atoms with Gasteiger partial charge >= 0.3 is 12.0 Å². The Hall–Kier alpha value is -2.38. The quantitative estimate of drug-likeness (QED) is 0.805. The molecule has 8 nitrogen and oxygen atoms in total. The summed E-state index contributed by atoms with van der Waals surface area (Å²) < 4.78 is 0. The number of aryl methyl sites for hydroxylation is 1. The maximum atomic E-state index is 12.3. The highest BCUT2D eigenvalue weighted by Crippen LogP contribution is 2.18. The highest BCUT2D eigenvalue weighted by Gasteiger charge is 2.24. The first-order valence-corrected chi connectivity index (χ1v) is 8.71. The molecule has 0 radical (unpaired) electrons. The fourth-order valence-electron chi connectivity index (χ4n) is 2.91. The molecule has 25 heavy (non-hydrogen) atoms. The predicted octanol–water partition coefficient (Wildman–Crippen LogP) is 1.37. The molecule has 1 aliphatic rings. The summed E-state index contributed by atoms with van der Waals surface area (Å²) in [4.78, 5) is 35.4. The van der Waals surface area contributed by atoms with E-state index in [1.165, 1.54) is 4.90 Å². The van der Waals surface area contributed by atoms with Crippen molar-refractivity contribution >= 4 is 17.8 Å². The zero-order valence-electron chi connectivity index (χ0n) is 15.1. The van der Waals surface area contributed by atoms with E-state index in [0.29, 0.717) is 6.54 Å². The molecule has 2 unspecified atom stereocenters. The van der Waals surface area contributed by atoms with E-state index in [2.05, 4.69) is 27.1 Å². The van der Waals surface area contributed by atoms with Crippen molar-refractivity contribution < 1.29 is 14.7 Å². The first-order chi connectivity index (χ1) is 11.9. The van der Waals surface area contributed by atoms with E-state index in [1.807, 2.05) is 6.07 Å². The van der Waals surface area contributed by atoms with Crippen LogP contribution in [0.15, 0.2) is 12.4 Å². The van der Waals surface area contributed by atoms with Gasteiger partial charge in [0.25, 0.3) is 0 Å². The third-order valence-corrected chi connectivity index (χ3v) is 4.46. The Bertz CT molecular complexity index is 610. The molecular weight excluding hydrogens is 322 g/mol. The molecule has 1 aromatic rings. The van der Waals surface area contributed by atoms with Gasteiger partial charge in [0, 0.05) is 44.5 Å². The van der Waals surface area contributed by atoms with Gasteiger partial charge < -0.3 is 20.2 Å². The lowest BCUT2D eigenvalue weighted by Gasteiger charge is -2.35. The van der Waals surface area contributed by atoms with Crippen molar-refractivity contribution in [2.45, 2.75) is 39.2 Å². The summed E-state index contributed by atoms with van der Waals surface area (Å²) >= 11 is 0. The number of aliphatic carboxylic acids is 1. The number of carbonyl (C=O) groups excluding carboxylic acids is 1. The molecule has 2 N–H and O–H groups in total. The largest absolute Gasteiger partial charge is 0.481 e. The van der Waals surface area contributed by atoms with Crippen LogP contribution in [0.1, 0.15) is 32.4 Å². The van der Waals surface area contributed by atoms with Crippen LogP contribution in [0.4, 0.5) is 10.6 Å². The monoisotopic (exact) mass is 349 g/mol. The molecule has 0 aliphatic carbocycles. The van der Waals surface area contributed by atoms with Gasteiger partial charge in [-0.05, 0) is 19.3 Å². The van der Waals surface area contributed by atoms with Crippen LogP contribution < -0.4 is 10.2 Å². The van der Waals surface area contributed by atoms with Crippen LogP contribution in [0, 0.1) is 5.92 Å². The number of aromatic nitrogens is 2. The molecule has 2 amide bonds. The van der Waals surface area contributed by atoms with Crippen molar-refractivity contribution in [2.24, 2.45) is 5.92 Å². The van der Waals surface area contributed by atoms with E-state index in [9.17, 15) is 9.59 Å². The first kappa shape index (κ1) is 19.0. The summed E-state index contributed by atoms with van der Waals surface area (Å²) in [5.74, 6) is -0.607. The molecule has 1 saturated heterocycles. The minimum Gasteiger partial charge on any atom is -0.481 e. The van der Waals surface area contributed by atoms with Gasteiger partial charge in [-0.3, -0.25) is 4.79 Å². The maximum absolute atomic E-state index is 12.3. The van der Waals surface area contributed by atoms with Crippen molar-refractivity contribution in [2.75, 3.05) is 31.6 Å². The standard InChI is InChI=1S/C17H27N5O3/c1-4-13-8-15(19-11-18-13)22-7-5-6-14(10-22)20-17(25)21(3)9-12(2)16(23)24/h8,11-12,14H,4-7,9-10H2,1-3H3,(H,20,25)(H,23,24). The normalized spacial score (nSPS) is 18.5. The zero-order chi connectivity index (χ0) is 18.4. The number of piperidine rings is 1. The van der Waals surface area contributed by atoms with Crippen molar-refractivity contribution in [3.63, 3.8) is 0 Å². The highest BCUT2D eigenvalue weighted by molar-refractivity contribution is 5.76. The van der Waals surface area contributed by atoms with Crippen molar-refractivity contribution in [1.29, 1.82) is 0 Å². The van der Waals surface area contributed by atoms with Gasteiger partial charge in [0.1, 0.15) is 12.1 Å². The average molecular weight is 349 g/mol. The number of amides is 2. The van der Waals surface area contributed by atoms with E-state index in [1.54, 1.807) is 20.3 Å². The van der Waals surface area contributed by atoms with Gasteiger partial charge in [0.2, 0.25) is 0 Å². The number of carbonyl (C=O) groups is 2. The number of anilines is 1. The lowest BCUT2D eigenvalue weighted by molar-refractivity contribution is -0.141. The lowest BCUT2D eigenvalue weighted by atomic mass is 10.1. The molecule has 1 fully saturated rings. The second kappa shape index (κ2) is 8.64. The number of nitrogens with one attached hydrogen (secondary N) is 1. The molecule has 2 heterocycles. The molecular formula is C17H27N5O3. The first-order valence-electron chi connectivity index (χ1n) is 8.71. The number of urea groups is 1. The van der Waals surface area contributed by atoms with Gasteiger partial charge in [-0.25, -0.2) is 14.8 Å². The molecule has 0 spiro atoms. The fourth-order valence-corrected chi connectivity index (χ4v) is 2.91. The number of nitrogens with zero attached hydrogens (tertiary/aromatic N) is 4. The van der Waals surface area contributed by atoms with E-state index in [4.69, 9.17) is 5.11 Å². The summed E-state index contributed by atoms with van der Waals surface area (Å²) in [6, 6.07) is 1.77. The average Bonchev–Trinajstić information content (AvgIpc) is 2.61. The van der Waals surface area contributed by atoms with Gasteiger partial charge in [0.05, 0.1) is 5.92 Å². The van der Waals surface area contributed by atoms with E-state index in [0.717, 1.165) is 37.3 Å². The Balaban J connectivity index is 1.92. The summed E-state index contributed by atoms with van der Waals surface area (Å²) in [5.41, 5.74) is 0.999. The Labute approximate surface area is 148 Å². The molecule has 1 aliphatic heterocycles. The molecule has 2 rings (SSSR count). The smallest absolute Gasteiger partial charge is 0.317 e. The predicted molar refractivity (Wildman–Crippen MR) is 94.6 cm³/mol. The molecule has 0 bridgehead atoms. The minimum atomic E-state index is -0.904. The Morgan fingerprint density at radius 2 is 2.24 bits per heavy atom. The highest BCUT2D eigenvalue weighted by atomic mass is 16.4. The van der Waals surface area contributed by atoms with Crippen molar-refractivity contribution in [3.8, 4) is 0 Å². The second-order valence-electron chi connectivity index (χ2n) is 6.58.